The number of carbonyl (C=O) groups is 2. The number of nitrogens with zero attached hydrogens (tertiary/aromatic N) is 1. The molecular weight excluding hydrogens is 558 g/mol. The van der Waals surface area contributed by atoms with E-state index in [9.17, 15) is 14.0 Å². The minimum Gasteiger partial charge on any atom is -0.484 e. The molecular formula is C28H30FIN2O3. The van der Waals surface area contributed by atoms with E-state index >= 15 is 0 Å². The predicted octanol–water partition coefficient (Wildman–Crippen LogP) is 5.37. The maximum absolute atomic E-state index is 14.6. The van der Waals surface area contributed by atoms with Crippen LogP contribution in [-0.4, -0.2) is 35.9 Å². The highest BCUT2D eigenvalue weighted by molar-refractivity contribution is 14.1. The van der Waals surface area contributed by atoms with Gasteiger partial charge < -0.3 is 15.0 Å². The van der Waals surface area contributed by atoms with E-state index in [-0.39, 0.29) is 19.1 Å². The number of carbonyl (C=O) groups excluding carboxylic acids is 2. The Balaban J connectivity index is 1.88. The molecule has 0 radical (unpaired) electrons. The minimum absolute atomic E-state index is 0.0414. The fourth-order valence-electron chi connectivity index (χ4n) is 3.63. The summed E-state index contributed by atoms with van der Waals surface area (Å²) in [6, 6.07) is 22.4. The van der Waals surface area contributed by atoms with E-state index in [1.165, 1.54) is 11.0 Å². The number of rotatable bonds is 12. The number of hydrogen-bond donors (Lipinski definition) is 1. The second-order valence-corrected chi connectivity index (χ2v) is 9.45. The highest BCUT2D eigenvalue weighted by atomic mass is 127. The lowest BCUT2D eigenvalue weighted by Crippen LogP contribution is -2.52. The zero-order valence-corrected chi connectivity index (χ0v) is 21.9. The second kappa shape index (κ2) is 13.8. The Morgan fingerprint density at radius 3 is 2.37 bits per heavy atom. The van der Waals surface area contributed by atoms with Crippen LogP contribution in [0.5, 0.6) is 5.75 Å². The van der Waals surface area contributed by atoms with E-state index in [0.29, 0.717) is 24.3 Å². The number of nitrogens with one attached hydrogen (secondary N) is 1. The third-order valence-corrected chi connectivity index (χ3v) is 6.29. The molecule has 0 fully saturated rings. The second-order valence-electron chi connectivity index (χ2n) is 8.21. The maximum atomic E-state index is 14.6. The summed E-state index contributed by atoms with van der Waals surface area (Å²) in [5.41, 5.74) is 1.25. The molecule has 0 spiro atoms. The molecule has 2 amide bonds. The summed E-state index contributed by atoms with van der Waals surface area (Å²) in [5.74, 6) is -0.523. The Hall–Kier alpha value is -2.94. The molecule has 5 nitrogen and oxygen atoms in total. The molecule has 0 aliphatic carbocycles. The number of ether oxygens (including phenoxy) is 1. The third-order valence-electron chi connectivity index (χ3n) is 5.58. The molecule has 0 aliphatic rings. The first kappa shape index (κ1) is 26.7. The van der Waals surface area contributed by atoms with Crippen LogP contribution in [0.4, 0.5) is 4.39 Å². The summed E-state index contributed by atoms with van der Waals surface area (Å²) in [5, 5.41) is 2.95. The van der Waals surface area contributed by atoms with Crippen molar-refractivity contribution in [3.05, 3.63) is 99.4 Å². The van der Waals surface area contributed by atoms with Gasteiger partial charge in [0.25, 0.3) is 5.91 Å². The Bertz CT molecular complexity index is 1090. The van der Waals surface area contributed by atoms with Gasteiger partial charge in [-0.25, -0.2) is 4.39 Å². The molecule has 0 bridgehead atoms. The van der Waals surface area contributed by atoms with Crippen LogP contribution in [0.25, 0.3) is 0 Å². The highest BCUT2D eigenvalue weighted by Crippen LogP contribution is 2.18. The minimum atomic E-state index is -0.818. The largest absolute Gasteiger partial charge is 0.484 e. The molecule has 1 N–H and O–H groups in total. The topological polar surface area (TPSA) is 58.6 Å². The van der Waals surface area contributed by atoms with Gasteiger partial charge in [0.15, 0.2) is 6.61 Å². The Labute approximate surface area is 219 Å². The lowest BCUT2D eigenvalue weighted by Gasteiger charge is -2.31. The molecule has 3 aromatic rings. The van der Waals surface area contributed by atoms with Crippen LogP contribution in [0, 0.1) is 9.39 Å². The van der Waals surface area contributed by atoms with Gasteiger partial charge in [-0.3, -0.25) is 9.59 Å². The van der Waals surface area contributed by atoms with E-state index in [0.717, 1.165) is 22.0 Å². The van der Waals surface area contributed by atoms with Crippen molar-refractivity contribution in [3.63, 3.8) is 0 Å². The number of unbranched alkanes of at least 4 members (excludes halogenated alkanes) is 1. The first-order chi connectivity index (χ1) is 17.0. The van der Waals surface area contributed by atoms with Crippen molar-refractivity contribution in [1.82, 2.24) is 10.2 Å². The first-order valence-corrected chi connectivity index (χ1v) is 12.8. The molecule has 7 heteroatoms. The van der Waals surface area contributed by atoms with Crippen LogP contribution >= 0.6 is 22.6 Å². The number of hydrogen-bond acceptors (Lipinski definition) is 3. The molecule has 35 heavy (non-hydrogen) atoms. The summed E-state index contributed by atoms with van der Waals surface area (Å²) in [7, 11) is 0. The lowest BCUT2D eigenvalue weighted by atomic mass is 10.0. The molecule has 1 atom stereocenters. The monoisotopic (exact) mass is 588 g/mol. The normalized spacial score (nSPS) is 11.5. The van der Waals surface area contributed by atoms with Crippen molar-refractivity contribution in [1.29, 1.82) is 0 Å². The van der Waals surface area contributed by atoms with Gasteiger partial charge >= 0.3 is 0 Å². The van der Waals surface area contributed by atoms with Crippen LogP contribution < -0.4 is 10.1 Å². The quantitative estimate of drug-likeness (QED) is 0.229. The summed E-state index contributed by atoms with van der Waals surface area (Å²) in [6.45, 7) is 2.26. The average Bonchev–Trinajstić information content (AvgIpc) is 2.87. The Morgan fingerprint density at radius 1 is 1.00 bits per heavy atom. The molecule has 3 rings (SSSR count). The first-order valence-electron chi connectivity index (χ1n) is 11.7. The average molecular weight is 588 g/mol. The van der Waals surface area contributed by atoms with Crippen LogP contribution in [-0.2, 0) is 22.6 Å². The van der Waals surface area contributed by atoms with Gasteiger partial charge in [-0.2, -0.15) is 0 Å². The van der Waals surface area contributed by atoms with Crippen LogP contribution in [0.3, 0.4) is 0 Å². The van der Waals surface area contributed by atoms with Crippen molar-refractivity contribution in [2.45, 2.75) is 38.8 Å². The Kier molecular flexibility index (Phi) is 10.5. The molecule has 0 unspecified atom stereocenters. The van der Waals surface area contributed by atoms with Crippen LogP contribution in [0.2, 0.25) is 0 Å². The van der Waals surface area contributed by atoms with E-state index in [2.05, 4.69) is 27.9 Å². The molecule has 0 saturated heterocycles. The summed E-state index contributed by atoms with van der Waals surface area (Å²) >= 11 is 2.19. The molecule has 0 aromatic heterocycles. The van der Waals surface area contributed by atoms with Crippen LogP contribution in [0.15, 0.2) is 78.9 Å². The van der Waals surface area contributed by atoms with E-state index < -0.39 is 17.8 Å². The van der Waals surface area contributed by atoms with Crippen molar-refractivity contribution in [2.24, 2.45) is 0 Å². The van der Waals surface area contributed by atoms with Gasteiger partial charge in [0, 0.05) is 28.6 Å². The van der Waals surface area contributed by atoms with Crippen molar-refractivity contribution in [3.8, 4) is 5.75 Å². The van der Waals surface area contributed by atoms with E-state index in [4.69, 9.17) is 4.74 Å². The molecule has 184 valence electrons. The molecule has 0 aliphatic heterocycles. The molecule has 0 heterocycles. The fraction of sp³-hybridized carbons (Fsp3) is 0.286. The number of amides is 2. The Morgan fingerprint density at radius 2 is 1.69 bits per heavy atom. The van der Waals surface area contributed by atoms with Crippen molar-refractivity contribution in [2.75, 3.05) is 13.2 Å². The molecule has 0 saturated carbocycles. The van der Waals surface area contributed by atoms with Gasteiger partial charge in [0.05, 0.1) is 0 Å². The predicted molar refractivity (Wildman–Crippen MR) is 143 cm³/mol. The zero-order valence-electron chi connectivity index (χ0n) is 19.8. The van der Waals surface area contributed by atoms with Gasteiger partial charge in [-0.1, -0.05) is 61.9 Å². The van der Waals surface area contributed by atoms with Crippen LogP contribution in [0.1, 0.15) is 30.9 Å². The summed E-state index contributed by atoms with van der Waals surface area (Å²) < 4.78 is 21.4. The zero-order chi connectivity index (χ0) is 25.0. The third kappa shape index (κ3) is 8.35. The standard InChI is InChI=1S/C28H30FIN2O3/c1-2-3-17-31-28(34)26(18-21-9-5-4-6-10-21)32(19-22-11-7-8-12-25(22)29)27(33)20-35-24-15-13-23(30)14-16-24/h4-16,26H,2-3,17-20H2,1H3,(H,31,34)/t26-/m0/s1. The number of halogens is 2. The van der Waals surface area contributed by atoms with Gasteiger partial charge in [0.1, 0.15) is 17.6 Å². The summed E-state index contributed by atoms with van der Waals surface area (Å²) in [4.78, 5) is 28.2. The SMILES string of the molecule is CCCCNC(=O)[C@H](Cc1ccccc1)N(Cc1ccccc1F)C(=O)COc1ccc(I)cc1. The van der Waals surface area contributed by atoms with Gasteiger partial charge in [-0.15, -0.1) is 0 Å². The van der Waals surface area contributed by atoms with Gasteiger partial charge in [-0.05, 0) is 64.9 Å². The van der Waals surface area contributed by atoms with E-state index in [1.807, 2.05) is 49.4 Å². The highest BCUT2D eigenvalue weighted by Gasteiger charge is 2.31. The van der Waals surface area contributed by atoms with Crippen molar-refractivity contribution < 1.29 is 18.7 Å². The fourth-order valence-corrected chi connectivity index (χ4v) is 3.99. The van der Waals surface area contributed by atoms with Crippen molar-refractivity contribution >= 4 is 34.4 Å². The smallest absolute Gasteiger partial charge is 0.261 e. The number of benzene rings is 3. The lowest BCUT2D eigenvalue weighted by molar-refractivity contribution is -0.142. The maximum Gasteiger partial charge on any atom is 0.261 e. The van der Waals surface area contributed by atoms with Gasteiger partial charge in [0.2, 0.25) is 5.91 Å². The molecule has 3 aromatic carbocycles. The van der Waals surface area contributed by atoms with E-state index in [1.54, 1.807) is 30.3 Å². The summed E-state index contributed by atoms with van der Waals surface area (Å²) in [6.07, 6.45) is 2.08.